The highest BCUT2D eigenvalue weighted by Gasteiger charge is 2.73. The third-order valence-electron chi connectivity index (χ3n) is 14.4. The van der Waals surface area contributed by atoms with E-state index in [-0.39, 0.29) is 12.2 Å². The van der Waals surface area contributed by atoms with Crippen molar-refractivity contribution in [1.29, 1.82) is 0 Å². The van der Waals surface area contributed by atoms with Crippen molar-refractivity contribution in [3.63, 3.8) is 0 Å². The molecule has 1 atom stereocenters. The molecular weight excluding hydrogens is 979 g/mol. The van der Waals surface area contributed by atoms with Crippen molar-refractivity contribution in [1.82, 2.24) is 0 Å². The van der Waals surface area contributed by atoms with Crippen LogP contribution in [0.15, 0.2) is 266 Å². The maximum absolute atomic E-state index is 15.4. The lowest BCUT2D eigenvalue weighted by Gasteiger charge is -2.40. The monoisotopic (exact) mass is 1020 g/mol. The topological polar surface area (TPSA) is 24.9 Å². The molecule has 77 heavy (non-hydrogen) atoms. The fourth-order valence-electron chi connectivity index (χ4n) is 10.8. The number of allylic oxidation sites excluding steroid dienone is 2. The van der Waals surface area contributed by atoms with Crippen LogP contribution in [0.4, 0.5) is 60.5 Å². The van der Waals surface area contributed by atoms with Gasteiger partial charge in [0, 0.05) is 39.3 Å². The van der Waals surface area contributed by atoms with Crippen LogP contribution in [0, 0.1) is 0 Å². The highest BCUT2D eigenvalue weighted by Crippen LogP contribution is 2.58. The number of anilines is 6. The number of alkyl halides is 6. The lowest BCUT2D eigenvalue weighted by atomic mass is 9.71. The maximum Gasteiger partial charge on any atom is 0.411 e. The van der Waals surface area contributed by atoms with Crippen molar-refractivity contribution >= 4 is 77.2 Å². The molecule has 0 spiro atoms. The quantitative estimate of drug-likeness (QED) is 0.114. The third kappa shape index (κ3) is 8.95. The first kappa shape index (κ1) is 48.6. The molecule has 11 aromatic rings. The molecule has 0 bridgehead atoms. The highest BCUT2D eigenvalue weighted by molar-refractivity contribution is 6.06. The van der Waals surface area contributed by atoms with Gasteiger partial charge in [0.15, 0.2) is 0 Å². The van der Waals surface area contributed by atoms with E-state index in [1.54, 1.807) is 24.3 Å². The average molecular weight is 1030 g/mol. The number of hydrogen-bond acceptors (Lipinski definition) is 4. The Morgan fingerprint density at radius 3 is 1.05 bits per heavy atom. The molecule has 1 unspecified atom stereocenters. The summed E-state index contributed by atoms with van der Waals surface area (Å²) in [6, 6.07) is 75.4. The van der Waals surface area contributed by atoms with Crippen molar-refractivity contribution in [2.75, 3.05) is 9.80 Å². The number of benzene rings is 11. The fraction of sp³-hybridized carbons (Fsp3) is 0.0746. The summed E-state index contributed by atoms with van der Waals surface area (Å²) in [7, 11) is 0. The molecule has 12 rings (SSSR count). The third-order valence-corrected chi connectivity index (χ3v) is 14.4. The van der Waals surface area contributed by atoms with Gasteiger partial charge in [-0.2, -0.15) is 26.3 Å². The second-order valence-corrected chi connectivity index (χ2v) is 18.9. The minimum atomic E-state index is -5.77. The Bertz CT molecular complexity index is 3820. The predicted molar refractivity (Wildman–Crippen MR) is 299 cm³/mol. The average Bonchev–Trinajstić information content (AvgIpc) is 3.45. The van der Waals surface area contributed by atoms with Gasteiger partial charge >= 0.3 is 12.4 Å². The molecule has 0 heterocycles. The van der Waals surface area contributed by atoms with E-state index >= 15 is 26.3 Å². The van der Waals surface area contributed by atoms with E-state index in [9.17, 15) is 0 Å². The molecule has 0 saturated heterocycles. The summed E-state index contributed by atoms with van der Waals surface area (Å²) in [6.07, 6.45) is -9.50. The van der Waals surface area contributed by atoms with Crippen LogP contribution in [0.25, 0.3) is 43.1 Å². The second-order valence-electron chi connectivity index (χ2n) is 18.9. The van der Waals surface area contributed by atoms with Crippen LogP contribution in [0.2, 0.25) is 0 Å². The predicted octanol–water partition coefficient (Wildman–Crippen LogP) is 19.7. The van der Waals surface area contributed by atoms with Crippen molar-refractivity contribution < 1.29 is 35.8 Å². The van der Waals surface area contributed by atoms with Crippen molar-refractivity contribution in [3.8, 4) is 17.2 Å². The molecule has 0 fully saturated rings. The van der Waals surface area contributed by atoms with Crippen molar-refractivity contribution in [2.45, 2.75) is 30.3 Å². The van der Waals surface area contributed by atoms with Crippen LogP contribution >= 0.6 is 0 Å². The Kier molecular flexibility index (Phi) is 12.5. The molecular formula is C67H46F6N2O2. The number of hydrogen-bond donors (Lipinski definition) is 0. The number of fused-ring (bicyclic) bond motifs is 4. The number of rotatable bonds is 12. The summed E-state index contributed by atoms with van der Waals surface area (Å²) in [5.41, 5.74) is -0.882. The van der Waals surface area contributed by atoms with E-state index in [1.807, 2.05) is 97.1 Å². The maximum atomic E-state index is 15.4. The molecule has 10 heteroatoms. The number of ether oxygens (including phenoxy) is 2. The van der Waals surface area contributed by atoms with E-state index in [2.05, 4.69) is 107 Å². The van der Waals surface area contributed by atoms with Gasteiger partial charge < -0.3 is 19.3 Å². The number of nitrogens with zero attached hydrogens (tertiary/aromatic N) is 2. The van der Waals surface area contributed by atoms with E-state index in [1.165, 1.54) is 6.08 Å². The Balaban J connectivity index is 0.795. The van der Waals surface area contributed by atoms with Crippen molar-refractivity contribution in [2.24, 2.45) is 0 Å². The van der Waals surface area contributed by atoms with E-state index < -0.39 is 35.0 Å². The first-order valence-electron chi connectivity index (χ1n) is 25.1. The summed E-state index contributed by atoms with van der Waals surface area (Å²) in [5.74, 6) is 0.789. The van der Waals surface area contributed by atoms with Gasteiger partial charge in [-0.3, -0.25) is 0 Å². The first-order valence-corrected chi connectivity index (χ1v) is 25.1. The number of halogens is 6. The van der Waals surface area contributed by atoms with Gasteiger partial charge in [-0.05, 0) is 124 Å². The van der Waals surface area contributed by atoms with Gasteiger partial charge in [0.1, 0.15) is 23.4 Å². The second kappa shape index (κ2) is 19.8. The van der Waals surface area contributed by atoms with Gasteiger partial charge in [0.05, 0.1) is 22.7 Å². The first-order chi connectivity index (χ1) is 37.4. The van der Waals surface area contributed by atoms with E-state index in [0.29, 0.717) is 11.5 Å². The SMILES string of the molecule is FC(F)(F)C(C1=CCC(Oc2ccc(N(c3cccc4ccccc34)c3cccc4ccccc34)cc2)C=C1)(c1ccc(Oc2ccc(N(c3cccc4ccccc34)c3cccc4ccccc34)cc2)cc1)C(F)(F)F. The summed E-state index contributed by atoms with van der Waals surface area (Å²) in [6.45, 7) is 0. The highest BCUT2D eigenvalue weighted by atomic mass is 19.4. The summed E-state index contributed by atoms with van der Waals surface area (Å²) < 4.78 is 105. The molecule has 1 aliphatic rings. The Labute approximate surface area is 440 Å². The van der Waals surface area contributed by atoms with Crippen LogP contribution < -0.4 is 19.3 Å². The summed E-state index contributed by atoms with van der Waals surface area (Å²) >= 11 is 0. The lowest BCUT2D eigenvalue weighted by molar-refractivity contribution is -0.289. The largest absolute Gasteiger partial charge is 0.486 e. The van der Waals surface area contributed by atoms with Crippen LogP contribution in [0.1, 0.15) is 12.0 Å². The van der Waals surface area contributed by atoms with Gasteiger partial charge in [0.25, 0.3) is 0 Å². The zero-order chi connectivity index (χ0) is 52.7. The van der Waals surface area contributed by atoms with Crippen LogP contribution in [-0.4, -0.2) is 18.5 Å². The molecule has 0 amide bonds. The Hall–Kier alpha value is -9.28. The molecule has 11 aromatic carbocycles. The fourth-order valence-corrected chi connectivity index (χ4v) is 10.8. The van der Waals surface area contributed by atoms with Crippen molar-refractivity contribution in [3.05, 3.63) is 272 Å². The van der Waals surface area contributed by atoms with Gasteiger partial charge in [-0.1, -0.05) is 170 Å². The standard InChI is InChI=1S/C67H46F6N2O2/c68-66(69,70)65(67(71,72)73,49-29-37-53(38-30-49)76-55-41-33-51(34-42-55)74(61-25-9-17-45-13-1-5-21-57(45)61)62-26-10-18-46-14-2-6-22-58(46)62)50-31-39-54(40-32-50)77-56-43-35-52(36-44-56)75(63-27-11-19-47-15-3-7-23-59(47)63)64-28-12-20-48-16-4-8-24-60(48)64/h1-39,41-44,54H,40H2. The molecule has 0 radical (unpaired) electrons. The van der Waals surface area contributed by atoms with E-state index in [4.69, 9.17) is 9.47 Å². The summed E-state index contributed by atoms with van der Waals surface area (Å²) in [5, 5.41) is 8.39. The minimum absolute atomic E-state index is 0.0599. The molecule has 0 aromatic heterocycles. The Morgan fingerprint density at radius 1 is 0.364 bits per heavy atom. The van der Waals surface area contributed by atoms with Gasteiger partial charge in [0.2, 0.25) is 5.41 Å². The molecule has 4 nitrogen and oxygen atoms in total. The molecule has 0 N–H and O–H groups in total. The summed E-state index contributed by atoms with van der Waals surface area (Å²) in [4.78, 5) is 4.33. The molecule has 0 saturated carbocycles. The Morgan fingerprint density at radius 2 is 0.701 bits per heavy atom. The van der Waals surface area contributed by atoms with Crippen LogP contribution in [0.5, 0.6) is 17.2 Å². The lowest BCUT2D eigenvalue weighted by Crippen LogP contribution is -2.55. The molecule has 0 aliphatic heterocycles. The minimum Gasteiger partial charge on any atom is -0.486 e. The van der Waals surface area contributed by atoms with E-state index in [0.717, 1.165) is 114 Å². The molecule has 378 valence electrons. The van der Waals surface area contributed by atoms with Gasteiger partial charge in [-0.15, -0.1) is 0 Å². The molecule has 1 aliphatic carbocycles. The zero-order valence-electron chi connectivity index (χ0n) is 41.1. The van der Waals surface area contributed by atoms with Crippen LogP contribution in [0.3, 0.4) is 0 Å². The smallest absolute Gasteiger partial charge is 0.411 e. The normalized spacial score (nSPS) is 13.9. The van der Waals surface area contributed by atoms with Crippen LogP contribution in [-0.2, 0) is 5.41 Å². The van der Waals surface area contributed by atoms with Gasteiger partial charge in [-0.25, -0.2) is 0 Å². The zero-order valence-corrected chi connectivity index (χ0v) is 41.1.